The summed E-state index contributed by atoms with van der Waals surface area (Å²) >= 11 is 0. The minimum atomic E-state index is 0.146. The summed E-state index contributed by atoms with van der Waals surface area (Å²) in [7, 11) is 0. The summed E-state index contributed by atoms with van der Waals surface area (Å²) in [5.74, 6) is 1.37. The number of benzene rings is 4. The second-order valence-corrected chi connectivity index (χ2v) is 8.66. The molecule has 9 nitrogen and oxygen atoms in total. The maximum Gasteiger partial charge on any atom is 0.250 e. The number of hydrogen-bond donors (Lipinski definition) is 3. The monoisotopic (exact) mass is 491 g/mol. The molecule has 184 valence electrons. The van der Waals surface area contributed by atoms with Crippen molar-refractivity contribution in [2.75, 3.05) is 41.9 Å². The number of nitrogens with zero attached hydrogens (tertiary/aromatic N) is 5. The lowest BCUT2D eigenvalue weighted by Crippen LogP contribution is -2.37. The maximum atomic E-state index is 10.4. The Balaban J connectivity index is 1.30. The zero-order valence-corrected chi connectivity index (χ0v) is 20.0. The Hall–Kier alpha value is -4.76. The van der Waals surface area contributed by atoms with Crippen LogP contribution in [0.4, 0.5) is 23.5 Å². The lowest BCUT2D eigenvalue weighted by Gasteiger charge is -2.27. The molecule has 0 aliphatic carbocycles. The van der Waals surface area contributed by atoms with Gasteiger partial charge in [0, 0.05) is 24.3 Å². The standard InChI is InChI=1S/C28H25N7O2/c36-25-12-10-20-6-3-4-8-23(20)24(25)18-29-34-27-31-26(32-28(33-27)35-13-15-37-16-14-35)30-22-11-9-19-5-1-2-7-21(19)17-22/h1-12,17-18,36H,13-16H2,(H2,30,31,32,33,34). The lowest BCUT2D eigenvalue weighted by molar-refractivity contribution is 0.122. The summed E-state index contributed by atoms with van der Waals surface area (Å²) in [6, 6.07) is 25.6. The van der Waals surface area contributed by atoms with Gasteiger partial charge in [-0.2, -0.15) is 20.1 Å². The number of nitrogens with one attached hydrogen (secondary N) is 2. The third-order valence-electron chi connectivity index (χ3n) is 6.23. The van der Waals surface area contributed by atoms with Gasteiger partial charge in [0.25, 0.3) is 0 Å². The van der Waals surface area contributed by atoms with Crippen LogP contribution in [0.1, 0.15) is 5.56 Å². The summed E-state index contributed by atoms with van der Waals surface area (Å²) in [6.07, 6.45) is 1.58. The van der Waals surface area contributed by atoms with E-state index >= 15 is 0 Å². The third-order valence-corrected chi connectivity index (χ3v) is 6.23. The van der Waals surface area contributed by atoms with Gasteiger partial charge in [0.05, 0.1) is 19.4 Å². The molecule has 1 aromatic heterocycles. The van der Waals surface area contributed by atoms with Gasteiger partial charge in [-0.25, -0.2) is 5.43 Å². The van der Waals surface area contributed by atoms with Crippen LogP contribution in [0.5, 0.6) is 5.75 Å². The van der Waals surface area contributed by atoms with Crippen LogP contribution in [-0.4, -0.2) is 52.6 Å². The van der Waals surface area contributed by atoms with Crippen molar-refractivity contribution < 1.29 is 9.84 Å². The summed E-state index contributed by atoms with van der Waals surface area (Å²) in [6.45, 7) is 2.60. The second-order valence-electron chi connectivity index (χ2n) is 8.66. The summed E-state index contributed by atoms with van der Waals surface area (Å²) < 4.78 is 5.49. The van der Waals surface area contributed by atoms with Crippen LogP contribution >= 0.6 is 0 Å². The third kappa shape index (κ3) is 4.98. The predicted octanol–water partition coefficient (Wildman–Crippen LogP) is 4.91. The topological polar surface area (TPSA) is 108 Å². The van der Waals surface area contributed by atoms with Gasteiger partial charge in [-0.3, -0.25) is 0 Å². The highest BCUT2D eigenvalue weighted by Gasteiger charge is 2.17. The Bertz CT molecular complexity index is 1600. The lowest BCUT2D eigenvalue weighted by atomic mass is 10.0. The Morgan fingerprint density at radius 1 is 0.811 bits per heavy atom. The Labute approximate surface area is 213 Å². The van der Waals surface area contributed by atoms with Crippen LogP contribution in [0, 0.1) is 0 Å². The van der Waals surface area contributed by atoms with Crippen molar-refractivity contribution in [3.05, 3.63) is 84.4 Å². The number of hydrogen-bond acceptors (Lipinski definition) is 9. The van der Waals surface area contributed by atoms with Crippen molar-refractivity contribution in [3.63, 3.8) is 0 Å². The fourth-order valence-electron chi connectivity index (χ4n) is 4.35. The van der Waals surface area contributed by atoms with Gasteiger partial charge in [-0.05, 0) is 39.7 Å². The van der Waals surface area contributed by atoms with Gasteiger partial charge in [0.2, 0.25) is 17.8 Å². The molecule has 6 rings (SSSR count). The fourth-order valence-corrected chi connectivity index (χ4v) is 4.35. The highest BCUT2D eigenvalue weighted by atomic mass is 16.5. The summed E-state index contributed by atoms with van der Waals surface area (Å²) in [5, 5.41) is 22.2. The average Bonchev–Trinajstić information content (AvgIpc) is 2.94. The minimum Gasteiger partial charge on any atom is -0.507 e. The van der Waals surface area contributed by atoms with Gasteiger partial charge < -0.3 is 20.1 Å². The summed E-state index contributed by atoms with van der Waals surface area (Å²) in [5.41, 5.74) is 4.40. The van der Waals surface area contributed by atoms with E-state index in [1.54, 1.807) is 12.3 Å². The number of aromatic hydroxyl groups is 1. The molecule has 5 aromatic rings. The number of fused-ring (bicyclic) bond motifs is 2. The van der Waals surface area contributed by atoms with E-state index in [0.717, 1.165) is 27.2 Å². The molecule has 0 atom stereocenters. The van der Waals surface area contributed by atoms with Crippen LogP contribution in [-0.2, 0) is 4.74 Å². The van der Waals surface area contributed by atoms with Crippen molar-refractivity contribution in [3.8, 4) is 5.75 Å². The number of phenols is 1. The first kappa shape index (κ1) is 22.7. The Morgan fingerprint density at radius 3 is 2.41 bits per heavy atom. The molecule has 4 aromatic carbocycles. The van der Waals surface area contributed by atoms with Crippen LogP contribution in [0.2, 0.25) is 0 Å². The number of aromatic nitrogens is 3. The van der Waals surface area contributed by atoms with Gasteiger partial charge in [-0.15, -0.1) is 0 Å². The molecule has 0 bridgehead atoms. The van der Waals surface area contributed by atoms with Crippen LogP contribution in [0.25, 0.3) is 21.5 Å². The Morgan fingerprint density at radius 2 is 1.54 bits per heavy atom. The maximum absolute atomic E-state index is 10.4. The van der Waals surface area contributed by atoms with E-state index in [0.29, 0.717) is 43.8 Å². The molecular weight excluding hydrogens is 466 g/mol. The van der Waals surface area contributed by atoms with E-state index < -0.39 is 0 Å². The first-order chi connectivity index (χ1) is 18.2. The normalized spacial score (nSPS) is 13.9. The zero-order chi connectivity index (χ0) is 25.0. The molecule has 0 amide bonds. The largest absolute Gasteiger partial charge is 0.507 e. The van der Waals surface area contributed by atoms with E-state index in [-0.39, 0.29) is 11.7 Å². The molecule has 3 N–H and O–H groups in total. The molecule has 0 unspecified atom stereocenters. The molecule has 2 heterocycles. The molecule has 0 spiro atoms. The number of anilines is 4. The van der Waals surface area contributed by atoms with E-state index in [2.05, 4.69) is 60.0 Å². The first-order valence-electron chi connectivity index (χ1n) is 12.1. The molecule has 9 heteroatoms. The van der Waals surface area contributed by atoms with Gasteiger partial charge in [0.1, 0.15) is 5.75 Å². The van der Waals surface area contributed by atoms with Crippen molar-refractivity contribution in [2.24, 2.45) is 5.10 Å². The fraction of sp³-hybridized carbons (Fsp3) is 0.143. The number of morpholine rings is 1. The van der Waals surface area contributed by atoms with Crippen molar-refractivity contribution in [2.45, 2.75) is 0 Å². The number of phenolic OH excluding ortho intramolecular Hbond substituents is 1. The molecule has 0 saturated carbocycles. The molecule has 1 fully saturated rings. The average molecular weight is 492 g/mol. The van der Waals surface area contributed by atoms with E-state index in [9.17, 15) is 5.11 Å². The molecule has 37 heavy (non-hydrogen) atoms. The van der Waals surface area contributed by atoms with Crippen LogP contribution in [0.15, 0.2) is 84.0 Å². The molecule has 1 saturated heterocycles. The van der Waals surface area contributed by atoms with Crippen molar-refractivity contribution in [1.29, 1.82) is 0 Å². The number of ether oxygens (including phenoxy) is 1. The van der Waals surface area contributed by atoms with Crippen molar-refractivity contribution in [1.82, 2.24) is 15.0 Å². The first-order valence-corrected chi connectivity index (χ1v) is 12.1. The molecule has 0 radical (unpaired) electrons. The summed E-state index contributed by atoms with van der Waals surface area (Å²) in [4.78, 5) is 15.8. The van der Waals surface area contributed by atoms with Crippen molar-refractivity contribution >= 4 is 51.3 Å². The van der Waals surface area contributed by atoms with E-state index in [1.165, 1.54) is 0 Å². The Kier molecular flexibility index (Phi) is 6.18. The molecular formula is C28H25N7O2. The molecule has 1 aliphatic heterocycles. The minimum absolute atomic E-state index is 0.146. The van der Waals surface area contributed by atoms with Gasteiger partial charge >= 0.3 is 0 Å². The van der Waals surface area contributed by atoms with Crippen LogP contribution < -0.4 is 15.6 Å². The molecule has 1 aliphatic rings. The second kappa shape index (κ2) is 10.1. The van der Waals surface area contributed by atoms with E-state index in [1.807, 2.05) is 48.5 Å². The predicted molar refractivity (Wildman–Crippen MR) is 147 cm³/mol. The highest BCUT2D eigenvalue weighted by molar-refractivity contribution is 6.02. The highest BCUT2D eigenvalue weighted by Crippen LogP contribution is 2.26. The zero-order valence-electron chi connectivity index (χ0n) is 20.0. The number of hydrazone groups is 1. The smallest absolute Gasteiger partial charge is 0.250 e. The SMILES string of the molecule is Oc1ccc2ccccc2c1C=NNc1nc(Nc2ccc3ccccc3c2)nc(N2CCOCC2)n1. The van der Waals surface area contributed by atoms with E-state index in [4.69, 9.17) is 4.74 Å². The van der Waals surface area contributed by atoms with Gasteiger partial charge in [-0.1, -0.05) is 60.7 Å². The quantitative estimate of drug-likeness (QED) is 0.227. The van der Waals surface area contributed by atoms with Gasteiger partial charge in [0.15, 0.2) is 0 Å². The van der Waals surface area contributed by atoms with Crippen LogP contribution in [0.3, 0.4) is 0 Å². The number of rotatable bonds is 6.